The van der Waals surface area contributed by atoms with E-state index >= 15 is 0 Å². The maximum absolute atomic E-state index is 11.1. The molecule has 0 aromatic carbocycles. The van der Waals surface area contributed by atoms with Crippen molar-refractivity contribution in [2.75, 3.05) is 6.61 Å². The van der Waals surface area contributed by atoms with Gasteiger partial charge in [-0.1, -0.05) is 26.7 Å². The van der Waals surface area contributed by atoms with Gasteiger partial charge >= 0.3 is 5.97 Å². The third-order valence-electron chi connectivity index (χ3n) is 3.97. The smallest absolute Gasteiger partial charge is 0.302 e. The molecule has 0 radical (unpaired) electrons. The first-order chi connectivity index (χ1) is 9.06. The fraction of sp³-hybridized carbons (Fsp3) is 0.800. The third kappa shape index (κ3) is 4.93. The molecule has 5 heteroatoms. The van der Waals surface area contributed by atoms with Gasteiger partial charge in [-0.05, 0) is 18.1 Å². The summed E-state index contributed by atoms with van der Waals surface area (Å²) >= 11 is 0. The fourth-order valence-corrected chi connectivity index (χ4v) is 2.88. The number of rotatable bonds is 6. The van der Waals surface area contributed by atoms with E-state index in [1.165, 1.54) is 6.92 Å². The van der Waals surface area contributed by atoms with Crippen LogP contribution in [0.2, 0.25) is 18.1 Å². The Morgan fingerprint density at radius 2 is 2.05 bits per heavy atom. The van der Waals surface area contributed by atoms with Crippen LogP contribution in [0.4, 0.5) is 0 Å². The summed E-state index contributed by atoms with van der Waals surface area (Å²) in [6.45, 7) is 12.8. The zero-order chi connectivity index (χ0) is 15.6. The summed E-state index contributed by atoms with van der Waals surface area (Å²) < 4.78 is 16.7. The lowest BCUT2D eigenvalue weighted by molar-refractivity contribution is -0.148. The lowest BCUT2D eigenvalue weighted by Gasteiger charge is -2.38. The van der Waals surface area contributed by atoms with Gasteiger partial charge in [0.05, 0.1) is 6.61 Å². The summed E-state index contributed by atoms with van der Waals surface area (Å²) in [5, 5.41) is 0.0924. The Kier molecular flexibility index (Phi) is 5.42. The van der Waals surface area contributed by atoms with Crippen LogP contribution in [0.1, 0.15) is 34.1 Å². The summed E-state index contributed by atoms with van der Waals surface area (Å²) in [6, 6.07) is 0. The minimum absolute atomic E-state index is 0.0298. The highest BCUT2D eigenvalue weighted by molar-refractivity contribution is 6.74. The predicted molar refractivity (Wildman–Crippen MR) is 80.8 cm³/mol. The van der Waals surface area contributed by atoms with E-state index in [9.17, 15) is 4.79 Å². The first kappa shape index (κ1) is 17.2. The SMILES string of the molecule is C#C[C@@H](C[C@H](OC(C)=O)C1CO1)O[Si](C)(C)C(C)(C)C. The zero-order valence-corrected chi connectivity index (χ0v) is 14.4. The van der Waals surface area contributed by atoms with Gasteiger partial charge in [-0.2, -0.15) is 0 Å². The molecule has 1 saturated heterocycles. The molecule has 0 aromatic heterocycles. The van der Waals surface area contributed by atoms with Crippen molar-refractivity contribution in [1.29, 1.82) is 0 Å². The minimum atomic E-state index is -1.93. The summed E-state index contributed by atoms with van der Waals surface area (Å²) in [5.74, 6) is 2.37. The van der Waals surface area contributed by atoms with Crippen LogP contribution < -0.4 is 0 Å². The molecule has 0 saturated carbocycles. The van der Waals surface area contributed by atoms with E-state index in [1.54, 1.807) is 0 Å². The number of ether oxygens (including phenoxy) is 2. The summed E-state index contributed by atoms with van der Waals surface area (Å²) in [4.78, 5) is 11.1. The summed E-state index contributed by atoms with van der Waals surface area (Å²) in [7, 11) is -1.93. The van der Waals surface area contributed by atoms with Gasteiger partial charge in [0.15, 0.2) is 8.32 Å². The molecule has 0 spiro atoms. The molecule has 1 heterocycles. The highest BCUT2D eigenvalue weighted by Gasteiger charge is 2.41. The minimum Gasteiger partial charge on any atom is -0.460 e. The van der Waals surface area contributed by atoms with Crippen LogP contribution in [-0.4, -0.2) is 39.2 Å². The molecule has 0 N–H and O–H groups in total. The zero-order valence-electron chi connectivity index (χ0n) is 13.4. The number of epoxide rings is 1. The molecular weight excluding hydrogens is 272 g/mol. The Morgan fingerprint density at radius 3 is 2.40 bits per heavy atom. The van der Waals surface area contributed by atoms with E-state index in [2.05, 4.69) is 39.8 Å². The average Bonchev–Trinajstić information content (AvgIpc) is 3.08. The summed E-state index contributed by atoms with van der Waals surface area (Å²) in [6.07, 6.45) is 5.40. The van der Waals surface area contributed by atoms with E-state index < -0.39 is 8.32 Å². The Labute approximate surface area is 123 Å². The van der Waals surface area contributed by atoms with Crippen LogP contribution in [0.3, 0.4) is 0 Å². The first-order valence-corrected chi connectivity index (χ1v) is 9.90. The number of carbonyl (C=O) groups excluding carboxylic acids is 1. The second-order valence-electron chi connectivity index (χ2n) is 6.79. The van der Waals surface area contributed by atoms with E-state index in [-0.39, 0.29) is 29.3 Å². The predicted octanol–water partition coefficient (Wildman–Crippen LogP) is 2.73. The molecule has 1 unspecified atom stereocenters. The van der Waals surface area contributed by atoms with Gasteiger partial charge in [-0.15, -0.1) is 6.42 Å². The molecular formula is C15H26O4Si. The molecule has 1 aliphatic heterocycles. The van der Waals surface area contributed by atoms with Crippen LogP contribution in [0.15, 0.2) is 0 Å². The summed E-state index contributed by atoms with van der Waals surface area (Å²) in [5.41, 5.74) is 0. The monoisotopic (exact) mass is 298 g/mol. The second-order valence-corrected chi connectivity index (χ2v) is 11.5. The fourth-order valence-electron chi connectivity index (χ4n) is 1.65. The van der Waals surface area contributed by atoms with Crippen LogP contribution in [0.5, 0.6) is 0 Å². The molecule has 114 valence electrons. The molecule has 0 aliphatic carbocycles. The van der Waals surface area contributed by atoms with Crippen molar-refractivity contribution in [3.8, 4) is 12.3 Å². The molecule has 1 aliphatic rings. The second kappa shape index (κ2) is 6.29. The third-order valence-corrected chi connectivity index (χ3v) is 8.45. The van der Waals surface area contributed by atoms with Gasteiger partial charge in [0, 0.05) is 13.3 Å². The van der Waals surface area contributed by atoms with Gasteiger partial charge in [-0.3, -0.25) is 4.79 Å². The molecule has 1 fully saturated rings. The largest absolute Gasteiger partial charge is 0.460 e. The van der Waals surface area contributed by atoms with Gasteiger partial charge in [-0.25, -0.2) is 0 Å². The number of hydrogen-bond donors (Lipinski definition) is 0. The molecule has 3 atom stereocenters. The Balaban J connectivity index is 2.66. The van der Waals surface area contributed by atoms with E-state index in [4.69, 9.17) is 20.3 Å². The average molecular weight is 298 g/mol. The van der Waals surface area contributed by atoms with Gasteiger partial charge in [0.1, 0.15) is 18.3 Å². The van der Waals surface area contributed by atoms with Crippen molar-refractivity contribution >= 4 is 14.3 Å². The Morgan fingerprint density at radius 1 is 1.50 bits per heavy atom. The molecule has 20 heavy (non-hydrogen) atoms. The van der Waals surface area contributed by atoms with Gasteiger partial charge in [0.25, 0.3) is 0 Å². The van der Waals surface area contributed by atoms with E-state index in [0.717, 1.165) is 0 Å². The molecule has 0 bridgehead atoms. The maximum Gasteiger partial charge on any atom is 0.302 e. The number of hydrogen-bond acceptors (Lipinski definition) is 4. The Bertz CT molecular complexity index is 388. The number of carbonyl (C=O) groups is 1. The molecule has 1 rings (SSSR count). The Hall–Kier alpha value is -0.833. The highest BCUT2D eigenvalue weighted by atomic mass is 28.4. The normalized spacial score (nSPS) is 21.8. The number of esters is 1. The standard InChI is InChI=1S/C15H26O4Si/c1-8-12(19-20(6,7)15(3,4)5)9-13(14-10-17-14)18-11(2)16/h1,12-14H,9-10H2,2-7H3/t12-,13-,14?/m0/s1. The van der Waals surface area contributed by atoms with Crippen molar-refractivity contribution < 1.29 is 18.7 Å². The van der Waals surface area contributed by atoms with Crippen molar-refractivity contribution in [1.82, 2.24) is 0 Å². The van der Waals surface area contributed by atoms with Crippen molar-refractivity contribution in [3.63, 3.8) is 0 Å². The molecule has 0 aromatic rings. The van der Waals surface area contributed by atoms with Crippen LogP contribution >= 0.6 is 0 Å². The lowest BCUT2D eigenvalue weighted by atomic mass is 10.1. The lowest BCUT2D eigenvalue weighted by Crippen LogP contribution is -2.44. The highest BCUT2D eigenvalue weighted by Crippen LogP contribution is 2.38. The van der Waals surface area contributed by atoms with Crippen LogP contribution in [0, 0.1) is 12.3 Å². The van der Waals surface area contributed by atoms with E-state index in [0.29, 0.717) is 13.0 Å². The van der Waals surface area contributed by atoms with Crippen molar-refractivity contribution in [2.45, 2.75) is 70.6 Å². The molecule has 0 amide bonds. The first-order valence-electron chi connectivity index (χ1n) is 6.99. The van der Waals surface area contributed by atoms with Crippen LogP contribution in [0.25, 0.3) is 0 Å². The van der Waals surface area contributed by atoms with Crippen LogP contribution in [-0.2, 0) is 18.7 Å². The molecule has 4 nitrogen and oxygen atoms in total. The van der Waals surface area contributed by atoms with Crippen molar-refractivity contribution in [2.24, 2.45) is 0 Å². The van der Waals surface area contributed by atoms with Gasteiger partial charge < -0.3 is 13.9 Å². The topological polar surface area (TPSA) is 48.1 Å². The van der Waals surface area contributed by atoms with Gasteiger partial charge in [0.2, 0.25) is 0 Å². The quantitative estimate of drug-likeness (QED) is 0.327. The maximum atomic E-state index is 11.1. The van der Waals surface area contributed by atoms with Crippen molar-refractivity contribution in [3.05, 3.63) is 0 Å². The number of terminal acetylenes is 1. The van der Waals surface area contributed by atoms with E-state index in [1.807, 2.05) is 0 Å².